The molecule has 3 rings (SSSR count). The first-order valence-corrected chi connectivity index (χ1v) is 12.0. The van der Waals surface area contributed by atoms with Crippen molar-refractivity contribution < 1.29 is 46.5 Å². The summed E-state index contributed by atoms with van der Waals surface area (Å²) >= 11 is 5.90. The summed E-state index contributed by atoms with van der Waals surface area (Å²) in [4.78, 5) is 39.1. The average molecular weight is 559 g/mol. The SMILES string of the molecule is CCOc1cc(C(=O)OC(C)C(=O)Nc2cc(C(F)(F)F)ccc2Cl)ccc1OCC(=O)N1CCOCC1. The largest absolute Gasteiger partial charge is 0.490 e. The Morgan fingerprint density at radius 3 is 2.45 bits per heavy atom. The minimum absolute atomic E-state index is 0.0251. The van der Waals surface area contributed by atoms with E-state index in [2.05, 4.69) is 5.32 Å². The number of hydrogen-bond donors (Lipinski definition) is 1. The number of benzene rings is 2. The minimum Gasteiger partial charge on any atom is -0.490 e. The van der Waals surface area contributed by atoms with Gasteiger partial charge in [0.25, 0.3) is 11.8 Å². The Kier molecular flexibility index (Phi) is 9.81. The molecule has 1 atom stereocenters. The zero-order valence-corrected chi connectivity index (χ0v) is 21.4. The summed E-state index contributed by atoms with van der Waals surface area (Å²) in [5.41, 5.74) is -1.25. The maximum Gasteiger partial charge on any atom is 0.416 e. The third kappa shape index (κ3) is 7.75. The zero-order valence-electron chi connectivity index (χ0n) is 20.6. The highest BCUT2D eigenvalue weighted by Crippen LogP contribution is 2.34. The maximum atomic E-state index is 13.0. The number of alkyl halides is 3. The molecule has 2 aromatic rings. The molecule has 0 spiro atoms. The Labute approximate surface area is 221 Å². The van der Waals surface area contributed by atoms with Crippen LogP contribution in [0.25, 0.3) is 0 Å². The molecule has 0 saturated carbocycles. The van der Waals surface area contributed by atoms with Gasteiger partial charge in [-0.3, -0.25) is 9.59 Å². The van der Waals surface area contributed by atoms with E-state index >= 15 is 0 Å². The number of carbonyl (C=O) groups is 3. The summed E-state index contributed by atoms with van der Waals surface area (Å²) < 4.78 is 60.5. The summed E-state index contributed by atoms with van der Waals surface area (Å²) in [7, 11) is 0. The molecule has 38 heavy (non-hydrogen) atoms. The van der Waals surface area contributed by atoms with E-state index in [0.29, 0.717) is 32.4 Å². The van der Waals surface area contributed by atoms with Gasteiger partial charge >= 0.3 is 12.1 Å². The lowest BCUT2D eigenvalue weighted by molar-refractivity contribution is -0.138. The highest BCUT2D eigenvalue weighted by Gasteiger charge is 2.31. The van der Waals surface area contributed by atoms with E-state index in [-0.39, 0.29) is 46.9 Å². The quantitative estimate of drug-likeness (QED) is 0.461. The molecule has 13 heteroatoms. The zero-order chi connectivity index (χ0) is 27.9. The normalized spacial score (nSPS) is 14.4. The molecule has 0 radical (unpaired) electrons. The Bertz CT molecular complexity index is 1170. The Balaban J connectivity index is 1.63. The molecule has 0 bridgehead atoms. The van der Waals surface area contributed by atoms with Crippen molar-refractivity contribution >= 4 is 35.1 Å². The van der Waals surface area contributed by atoms with Crippen molar-refractivity contribution in [3.63, 3.8) is 0 Å². The molecular formula is C25H26ClF3N2O7. The second kappa shape index (κ2) is 12.8. The lowest BCUT2D eigenvalue weighted by Gasteiger charge is -2.26. The molecule has 1 aliphatic heterocycles. The van der Waals surface area contributed by atoms with Crippen LogP contribution in [0.2, 0.25) is 5.02 Å². The topological polar surface area (TPSA) is 103 Å². The van der Waals surface area contributed by atoms with Gasteiger partial charge in [-0.05, 0) is 50.2 Å². The fraction of sp³-hybridized carbons (Fsp3) is 0.400. The molecular weight excluding hydrogens is 533 g/mol. The predicted octanol–water partition coefficient (Wildman–Crippen LogP) is 4.18. The molecule has 1 aliphatic rings. The smallest absolute Gasteiger partial charge is 0.416 e. The number of rotatable bonds is 9. The van der Waals surface area contributed by atoms with E-state index in [1.165, 1.54) is 25.1 Å². The number of hydrogen-bond acceptors (Lipinski definition) is 7. The first kappa shape index (κ1) is 29.1. The van der Waals surface area contributed by atoms with Gasteiger partial charge in [0.1, 0.15) is 0 Å². The number of nitrogens with one attached hydrogen (secondary N) is 1. The van der Waals surface area contributed by atoms with Crippen molar-refractivity contribution in [3.8, 4) is 11.5 Å². The fourth-order valence-corrected chi connectivity index (χ4v) is 3.54. The minimum atomic E-state index is -4.63. The molecule has 9 nitrogen and oxygen atoms in total. The molecule has 1 unspecified atom stereocenters. The van der Waals surface area contributed by atoms with Gasteiger partial charge in [-0.25, -0.2) is 4.79 Å². The van der Waals surface area contributed by atoms with Crippen LogP contribution in [-0.4, -0.2) is 68.3 Å². The number of halogens is 4. The number of anilines is 1. The summed E-state index contributed by atoms with van der Waals surface area (Å²) in [5, 5.41) is 2.12. The van der Waals surface area contributed by atoms with Gasteiger partial charge in [0.15, 0.2) is 24.2 Å². The van der Waals surface area contributed by atoms with E-state index in [4.69, 9.17) is 30.5 Å². The summed E-state index contributed by atoms with van der Waals surface area (Å²) in [6.45, 7) is 4.83. The third-order valence-electron chi connectivity index (χ3n) is 5.40. The summed E-state index contributed by atoms with van der Waals surface area (Å²) in [6.07, 6.45) is -6.00. The highest BCUT2D eigenvalue weighted by molar-refractivity contribution is 6.33. The molecule has 1 N–H and O–H groups in total. The van der Waals surface area contributed by atoms with E-state index in [1.54, 1.807) is 11.8 Å². The lowest BCUT2D eigenvalue weighted by atomic mass is 10.2. The molecule has 1 saturated heterocycles. The Hall–Kier alpha value is -3.51. The van der Waals surface area contributed by atoms with Crippen LogP contribution < -0.4 is 14.8 Å². The first-order valence-electron chi connectivity index (χ1n) is 11.6. The number of carbonyl (C=O) groups excluding carboxylic acids is 3. The fourth-order valence-electron chi connectivity index (χ4n) is 3.38. The molecule has 2 amide bonds. The molecule has 0 aliphatic carbocycles. The van der Waals surface area contributed by atoms with Gasteiger partial charge in [0.05, 0.1) is 41.7 Å². The van der Waals surface area contributed by atoms with E-state index < -0.39 is 29.7 Å². The second-order valence-electron chi connectivity index (χ2n) is 8.11. The van der Waals surface area contributed by atoms with Crippen LogP contribution in [0.4, 0.5) is 18.9 Å². The van der Waals surface area contributed by atoms with Crippen molar-refractivity contribution in [2.75, 3.05) is 44.8 Å². The van der Waals surface area contributed by atoms with Crippen molar-refractivity contribution in [2.24, 2.45) is 0 Å². The van der Waals surface area contributed by atoms with Gasteiger partial charge in [-0.2, -0.15) is 13.2 Å². The van der Waals surface area contributed by atoms with Crippen LogP contribution in [0.5, 0.6) is 11.5 Å². The van der Waals surface area contributed by atoms with Crippen LogP contribution in [0.1, 0.15) is 29.8 Å². The van der Waals surface area contributed by atoms with Gasteiger partial charge in [-0.15, -0.1) is 0 Å². The number of nitrogens with zero attached hydrogens (tertiary/aromatic N) is 1. The van der Waals surface area contributed by atoms with E-state index in [1.807, 2.05) is 0 Å². The van der Waals surface area contributed by atoms with Gasteiger partial charge in [0.2, 0.25) is 0 Å². The van der Waals surface area contributed by atoms with Crippen LogP contribution in [-0.2, 0) is 25.2 Å². The number of morpholine rings is 1. The Morgan fingerprint density at radius 1 is 1.08 bits per heavy atom. The van der Waals surface area contributed by atoms with Gasteiger partial charge in [0, 0.05) is 13.1 Å². The van der Waals surface area contributed by atoms with Crippen LogP contribution in [0, 0.1) is 0 Å². The van der Waals surface area contributed by atoms with Crippen LogP contribution >= 0.6 is 11.6 Å². The predicted molar refractivity (Wildman–Crippen MR) is 130 cm³/mol. The number of amides is 2. The summed E-state index contributed by atoms with van der Waals surface area (Å²) in [6, 6.07) is 6.61. The Morgan fingerprint density at radius 2 is 1.79 bits per heavy atom. The molecule has 1 heterocycles. The second-order valence-corrected chi connectivity index (χ2v) is 8.51. The average Bonchev–Trinajstić information content (AvgIpc) is 2.88. The van der Waals surface area contributed by atoms with Crippen molar-refractivity contribution in [1.29, 1.82) is 0 Å². The molecule has 206 valence electrons. The van der Waals surface area contributed by atoms with Gasteiger partial charge in [-0.1, -0.05) is 11.6 Å². The van der Waals surface area contributed by atoms with Crippen molar-refractivity contribution in [1.82, 2.24) is 4.90 Å². The highest BCUT2D eigenvalue weighted by atomic mass is 35.5. The van der Waals surface area contributed by atoms with Crippen molar-refractivity contribution in [2.45, 2.75) is 26.1 Å². The van der Waals surface area contributed by atoms with E-state index in [0.717, 1.165) is 12.1 Å². The molecule has 0 aromatic heterocycles. The van der Waals surface area contributed by atoms with Crippen molar-refractivity contribution in [3.05, 3.63) is 52.5 Å². The third-order valence-corrected chi connectivity index (χ3v) is 5.73. The molecule has 1 fully saturated rings. The monoisotopic (exact) mass is 558 g/mol. The molecule has 2 aromatic carbocycles. The number of ether oxygens (including phenoxy) is 4. The van der Waals surface area contributed by atoms with E-state index in [9.17, 15) is 27.6 Å². The first-order chi connectivity index (χ1) is 18.0. The standard InChI is InChI=1S/C25H26ClF3N2O7/c1-3-36-21-12-16(4-7-20(21)37-14-22(32)31-8-10-35-11-9-31)24(34)38-15(2)23(33)30-19-13-17(25(27,28)29)5-6-18(19)26/h4-7,12-13,15H,3,8-11,14H2,1-2H3,(H,30,33). The number of esters is 1. The summed E-state index contributed by atoms with van der Waals surface area (Å²) in [5.74, 6) is -1.58. The van der Waals surface area contributed by atoms with Gasteiger partial charge < -0.3 is 29.2 Å². The van der Waals surface area contributed by atoms with Crippen LogP contribution in [0.15, 0.2) is 36.4 Å². The lowest BCUT2D eigenvalue weighted by Crippen LogP contribution is -2.43. The maximum absolute atomic E-state index is 13.0. The van der Waals surface area contributed by atoms with Crippen LogP contribution in [0.3, 0.4) is 0 Å².